The molecule has 7 heteroatoms. The number of ether oxygens (including phenoxy) is 2. The van der Waals surface area contributed by atoms with E-state index in [1.807, 2.05) is 48.2 Å². The molecule has 0 aromatic heterocycles. The lowest BCUT2D eigenvalue weighted by molar-refractivity contribution is 0.208. The van der Waals surface area contributed by atoms with Gasteiger partial charge in [-0.25, -0.2) is 4.79 Å². The fourth-order valence-electron chi connectivity index (χ4n) is 3.13. The predicted molar refractivity (Wildman–Crippen MR) is 109 cm³/mol. The lowest BCUT2D eigenvalue weighted by atomic mass is 10.2. The lowest BCUT2D eigenvalue weighted by Gasteiger charge is -2.36. The van der Waals surface area contributed by atoms with E-state index >= 15 is 0 Å². The van der Waals surface area contributed by atoms with Gasteiger partial charge in [-0.1, -0.05) is 17.7 Å². The Bertz CT molecular complexity index is 820. The van der Waals surface area contributed by atoms with Crippen LogP contribution in [0.3, 0.4) is 0 Å². The topological polar surface area (TPSA) is 54.0 Å². The van der Waals surface area contributed by atoms with Crippen molar-refractivity contribution in [2.75, 3.05) is 50.6 Å². The summed E-state index contributed by atoms with van der Waals surface area (Å²) in [6, 6.07) is 11.1. The number of rotatable bonds is 4. The Morgan fingerprint density at radius 2 is 1.81 bits per heavy atom. The number of halogens is 1. The van der Waals surface area contributed by atoms with Crippen molar-refractivity contribution < 1.29 is 14.3 Å². The van der Waals surface area contributed by atoms with Gasteiger partial charge < -0.3 is 24.6 Å². The number of carbonyl (C=O) groups is 1. The predicted octanol–water partition coefficient (Wildman–Crippen LogP) is 4.02. The molecular weight excluding hydrogens is 366 g/mol. The molecule has 0 bridgehead atoms. The van der Waals surface area contributed by atoms with Crippen LogP contribution in [0.25, 0.3) is 0 Å². The molecule has 1 saturated heterocycles. The zero-order valence-electron chi connectivity index (χ0n) is 15.8. The Kier molecular flexibility index (Phi) is 5.96. The Morgan fingerprint density at radius 3 is 2.48 bits per heavy atom. The van der Waals surface area contributed by atoms with Crippen molar-refractivity contribution in [2.24, 2.45) is 0 Å². The van der Waals surface area contributed by atoms with Gasteiger partial charge in [0.15, 0.2) is 0 Å². The minimum atomic E-state index is -0.113. The fraction of sp³-hybridized carbons (Fsp3) is 0.350. The molecule has 27 heavy (non-hydrogen) atoms. The molecule has 2 aromatic carbocycles. The van der Waals surface area contributed by atoms with Crippen LogP contribution in [0.15, 0.2) is 36.4 Å². The summed E-state index contributed by atoms with van der Waals surface area (Å²) in [5.74, 6) is 1.57. The second-order valence-electron chi connectivity index (χ2n) is 6.35. The van der Waals surface area contributed by atoms with Gasteiger partial charge in [-0.3, -0.25) is 0 Å². The van der Waals surface area contributed by atoms with Crippen LogP contribution in [0, 0.1) is 6.92 Å². The summed E-state index contributed by atoms with van der Waals surface area (Å²) < 4.78 is 10.8. The third-order valence-electron chi connectivity index (χ3n) is 4.80. The minimum absolute atomic E-state index is 0.113. The molecule has 0 atom stereocenters. The summed E-state index contributed by atoms with van der Waals surface area (Å²) >= 11 is 6.13. The summed E-state index contributed by atoms with van der Waals surface area (Å²) in [6.45, 7) is 4.56. The van der Waals surface area contributed by atoms with E-state index in [4.69, 9.17) is 21.1 Å². The molecular formula is C20H24ClN3O3. The molecule has 144 valence electrons. The summed E-state index contributed by atoms with van der Waals surface area (Å²) in [5.41, 5.74) is 2.58. The van der Waals surface area contributed by atoms with E-state index in [2.05, 4.69) is 10.2 Å². The van der Waals surface area contributed by atoms with Gasteiger partial charge in [0.1, 0.15) is 11.5 Å². The summed E-state index contributed by atoms with van der Waals surface area (Å²) in [4.78, 5) is 16.6. The molecule has 1 aliphatic heterocycles. The largest absolute Gasteiger partial charge is 0.497 e. The van der Waals surface area contributed by atoms with Gasteiger partial charge in [0, 0.05) is 43.0 Å². The van der Waals surface area contributed by atoms with Crippen molar-refractivity contribution in [3.05, 3.63) is 47.0 Å². The van der Waals surface area contributed by atoms with E-state index in [0.717, 1.165) is 28.4 Å². The van der Waals surface area contributed by atoms with Gasteiger partial charge >= 0.3 is 6.03 Å². The van der Waals surface area contributed by atoms with Crippen LogP contribution in [0.4, 0.5) is 16.2 Å². The minimum Gasteiger partial charge on any atom is -0.497 e. The number of amides is 2. The molecule has 3 rings (SSSR count). The smallest absolute Gasteiger partial charge is 0.321 e. The van der Waals surface area contributed by atoms with Crippen LogP contribution < -0.4 is 19.7 Å². The summed E-state index contributed by atoms with van der Waals surface area (Å²) in [7, 11) is 3.30. The number of piperazine rings is 1. The van der Waals surface area contributed by atoms with Gasteiger partial charge in [-0.05, 0) is 36.8 Å². The highest BCUT2D eigenvalue weighted by Gasteiger charge is 2.23. The highest BCUT2D eigenvalue weighted by molar-refractivity contribution is 6.31. The van der Waals surface area contributed by atoms with Gasteiger partial charge in [0.25, 0.3) is 0 Å². The first-order valence-corrected chi connectivity index (χ1v) is 9.19. The van der Waals surface area contributed by atoms with Crippen molar-refractivity contribution in [1.82, 2.24) is 4.90 Å². The van der Waals surface area contributed by atoms with Gasteiger partial charge in [-0.2, -0.15) is 0 Å². The number of hydrogen-bond acceptors (Lipinski definition) is 4. The number of anilines is 2. The van der Waals surface area contributed by atoms with Crippen molar-refractivity contribution in [3.8, 4) is 11.5 Å². The zero-order chi connectivity index (χ0) is 19.4. The number of nitrogens with one attached hydrogen (secondary N) is 1. The van der Waals surface area contributed by atoms with Crippen molar-refractivity contribution >= 4 is 29.0 Å². The van der Waals surface area contributed by atoms with E-state index in [1.165, 1.54) is 0 Å². The normalized spacial score (nSPS) is 14.1. The highest BCUT2D eigenvalue weighted by Crippen LogP contribution is 2.33. The molecule has 6 nitrogen and oxygen atoms in total. The van der Waals surface area contributed by atoms with E-state index in [0.29, 0.717) is 31.2 Å². The second kappa shape index (κ2) is 8.39. The monoisotopic (exact) mass is 389 g/mol. The average Bonchev–Trinajstić information content (AvgIpc) is 2.71. The van der Waals surface area contributed by atoms with Gasteiger partial charge in [0.05, 0.1) is 19.9 Å². The molecule has 0 saturated carbocycles. The van der Waals surface area contributed by atoms with Crippen LogP contribution in [-0.4, -0.2) is 51.3 Å². The Balaban J connectivity index is 1.65. The molecule has 2 aromatic rings. The van der Waals surface area contributed by atoms with E-state index in [-0.39, 0.29) is 6.03 Å². The number of hydrogen-bond donors (Lipinski definition) is 1. The molecule has 1 fully saturated rings. The number of methoxy groups -OCH3 is 2. The fourth-order valence-corrected chi connectivity index (χ4v) is 3.31. The van der Waals surface area contributed by atoms with Crippen LogP contribution in [-0.2, 0) is 0 Å². The first-order valence-electron chi connectivity index (χ1n) is 8.81. The molecule has 0 spiro atoms. The average molecular weight is 390 g/mol. The van der Waals surface area contributed by atoms with Crippen molar-refractivity contribution in [3.63, 3.8) is 0 Å². The van der Waals surface area contributed by atoms with E-state index in [1.54, 1.807) is 14.2 Å². The highest BCUT2D eigenvalue weighted by atomic mass is 35.5. The molecule has 0 unspecified atom stereocenters. The molecule has 2 amide bonds. The summed E-state index contributed by atoms with van der Waals surface area (Å²) in [5, 5.41) is 3.60. The summed E-state index contributed by atoms with van der Waals surface area (Å²) in [6.07, 6.45) is 0. The third kappa shape index (κ3) is 4.22. The van der Waals surface area contributed by atoms with Crippen LogP contribution in [0.2, 0.25) is 5.02 Å². The second-order valence-corrected chi connectivity index (χ2v) is 6.76. The maximum atomic E-state index is 12.6. The lowest BCUT2D eigenvalue weighted by Crippen LogP contribution is -2.50. The van der Waals surface area contributed by atoms with Crippen LogP contribution >= 0.6 is 11.6 Å². The van der Waals surface area contributed by atoms with Gasteiger partial charge in [0.2, 0.25) is 0 Å². The zero-order valence-corrected chi connectivity index (χ0v) is 16.5. The first kappa shape index (κ1) is 19.2. The van der Waals surface area contributed by atoms with Gasteiger partial charge in [-0.15, -0.1) is 0 Å². The third-order valence-corrected chi connectivity index (χ3v) is 5.21. The van der Waals surface area contributed by atoms with Crippen molar-refractivity contribution in [1.29, 1.82) is 0 Å². The first-order chi connectivity index (χ1) is 13.0. The number of nitrogens with zero attached hydrogens (tertiary/aromatic N) is 2. The van der Waals surface area contributed by atoms with Crippen molar-refractivity contribution in [2.45, 2.75) is 6.92 Å². The quantitative estimate of drug-likeness (QED) is 0.858. The number of benzene rings is 2. The number of urea groups is 1. The molecule has 0 radical (unpaired) electrons. The number of carbonyl (C=O) groups excluding carboxylic acids is 1. The Hall–Kier alpha value is -2.60. The molecule has 1 aliphatic rings. The molecule has 1 heterocycles. The SMILES string of the molecule is COc1ccc(OC)c(N2CCN(C(=O)Nc3cccc(Cl)c3C)CC2)c1. The Labute approximate surface area is 164 Å². The maximum Gasteiger partial charge on any atom is 0.321 e. The molecule has 1 N–H and O–H groups in total. The Morgan fingerprint density at radius 1 is 1.07 bits per heavy atom. The van der Waals surface area contributed by atoms with Crippen LogP contribution in [0.5, 0.6) is 11.5 Å². The van der Waals surface area contributed by atoms with E-state index in [9.17, 15) is 4.79 Å². The van der Waals surface area contributed by atoms with Crippen LogP contribution in [0.1, 0.15) is 5.56 Å². The standard InChI is InChI=1S/C20H24ClN3O3/c1-14-16(21)5-4-6-17(14)22-20(25)24-11-9-23(10-12-24)18-13-15(26-2)7-8-19(18)27-3/h4-8,13H,9-12H2,1-3H3,(H,22,25). The maximum absolute atomic E-state index is 12.6. The van der Waals surface area contributed by atoms with E-state index < -0.39 is 0 Å². The molecule has 0 aliphatic carbocycles.